The average molecular weight is 291 g/mol. The van der Waals surface area contributed by atoms with Crippen molar-refractivity contribution in [2.24, 2.45) is 11.8 Å². The van der Waals surface area contributed by atoms with Gasteiger partial charge in [0.2, 0.25) is 11.4 Å². The predicted molar refractivity (Wildman–Crippen MR) is 75.0 cm³/mol. The first kappa shape index (κ1) is 14.3. The highest BCUT2D eigenvalue weighted by atomic mass is 16.5. The van der Waals surface area contributed by atoms with E-state index in [0.29, 0.717) is 6.42 Å². The normalized spacial score (nSPS) is 35.7. The Morgan fingerprint density at radius 1 is 1.29 bits per heavy atom. The molecule has 3 aliphatic rings. The number of methoxy groups -OCH3 is 1. The number of ether oxygens (including phenoxy) is 1. The molecule has 1 aliphatic heterocycles. The monoisotopic (exact) mass is 291 g/mol. The lowest BCUT2D eigenvalue weighted by atomic mass is 9.77. The van der Waals surface area contributed by atoms with Crippen molar-refractivity contribution in [2.45, 2.75) is 51.5 Å². The Hall–Kier alpha value is -1.65. The number of rotatable bonds is 2. The third-order valence-corrected chi connectivity index (χ3v) is 5.10. The van der Waals surface area contributed by atoms with Crippen LogP contribution in [0.25, 0.3) is 0 Å². The molecule has 3 rings (SSSR count). The van der Waals surface area contributed by atoms with Gasteiger partial charge in [-0.05, 0) is 36.7 Å². The number of carbonyl (C=O) groups is 3. The van der Waals surface area contributed by atoms with Crippen LogP contribution in [0.3, 0.4) is 0 Å². The van der Waals surface area contributed by atoms with Gasteiger partial charge in [-0.1, -0.05) is 13.8 Å². The number of nitrogens with zero attached hydrogens (tertiary/aromatic N) is 1. The van der Waals surface area contributed by atoms with E-state index in [1.165, 1.54) is 17.6 Å². The molecule has 2 aliphatic carbocycles. The van der Waals surface area contributed by atoms with E-state index in [0.717, 1.165) is 25.0 Å². The van der Waals surface area contributed by atoms with Crippen molar-refractivity contribution in [3.63, 3.8) is 0 Å². The number of amides is 1. The van der Waals surface area contributed by atoms with Gasteiger partial charge >= 0.3 is 5.97 Å². The number of Topliss-reactive ketones (excluding diaryl/α,β-unsaturated/α-hetero) is 1. The summed E-state index contributed by atoms with van der Waals surface area (Å²) in [6.07, 6.45) is 3.50. The maximum absolute atomic E-state index is 12.6. The third kappa shape index (κ3) is 1.86. The lowest BCUT2D eigenvalue weighted by Crippen LogP contribution is -2.53. The van der Waals surface area contributed by atoms with Crippen LogP contribution in [0.5, 0.6) is 0 Å². The molecule has 0 aromatic carbocycles. The number of ketones is 1. The molecule has 1 saturated carbocycles. The predicted octanol–water partition coefficient (Wildman–Crippen LogP) is 1.81. The third-order valence-electron chi connectivity index (χ3n) is 5.10. The van der Waals surface area contributed by atoms with E-state index in [1.54, 1.807) is 0 Å². The summed E-state index contributed by atoms with van der Waals surface area (Å²) in [6, 6.07) is 0. The molecule has 0 radical (unpaired) electrons. The molecule has 5 heteroatoms. The van der Waals surface area contributed by atoms with Crippen molar-refractivity contribution in [1.82, 2.24) is 4.90 Å². The molecule has 3 unspecified atom stereocenters. The van der Waals surface area contributed by atoms with Crippen molar-refractivity contribution in [3.05, 3.63) is 11.3 Å². The minimum absolute atomic E-state index is 0.0866. The Morgan fingerprint density at radius 2 is 1.95 bits per heavy atom. The van der Waals surface area contributed by atoms with E-state index in [2.05, 4.69) is 13.8 Å². The molecule has 0 bridgehead atoms. The highest BCUT2D eigenvalue weighted by molar-refractivity contribution is 6.24. The Bertz CT molecular complexity index is 565. The van der Waals surface area contributed by atoms with Gasteiger partial charge in [0.1, 0.15) is 0 Å². The lowest BCUT2D eigenvalue weighted by molar-refractivity contribution is -0.156. The Kier molecular flexibility index (Phi) is 3.19. The highest BCUT2D eigenvalue weighted by Crippen LogP contribution is 2.49. The van der Waals surface area contributed by atoms with E-state index in [1.807, 2.05) is 0 Å². The van der Waals surface area contributed by atoms with Gasteiger partial charge in [0, 0.05) is 12.1 Å². The minimum Gasteiger partial charge on any atom is -0.467 e. The summed E-state index contributed by atoms with van der Waals surface area (Å²) in [6.45, 7) is 4.13. The summed E-state index contributed by atoms with van der Waals surface area (Å²) in [5, 5.41) is 0. The zero-order chi connectivity index (χ0) is 15.4. The average Bonchev–Trinajstić information content (AvgIpc) is 3.11. The zero-order valence-electron chi connectivity index (χ0n) is 12.8. The second-order valence-electron chi connectivity index (χ2n) is 6.49. The standard InChI is InChI=1S/C16H21NO4/c1-9-5-4-6-11-10(2)7-13(19)17(14(9)11)16(8-12(16)18)15(20)21-3/h9-10H,4-8H2,1-3H3. The van der Waals surface area contributed by atoms with Gasteiger partial charge in [-0.3, -0.25) is 14.5 Å². The molecule has 3 atom stereocenters. The van der Waals surface area contributed by atoms with Gasteiger partial charge in [0.25, 0.3) is 0 Å². The van der Waals surface area contributed by atoms with Crippen molar-refractivity contribution < 1.29 is 19.1 Å². The van der Waals surface area contributed by atoms with Crippen LogP contribution in [-0.4, -0.2) is 35.2 Å². The minimum atomic E-state index is -1.36. The molecule has 1 fully saturated rings. The largest absolute Gasteiger partial charge is 0.467 e. The fourth-order valence-corrected chi connectivity index (χ4v) is 3.91. The van der Waals surface area contributed by atoms with Gasteiger partial charge in [-0.15, -0.1) is 0 Å². The lowest BCUT2D eigenvalue weighted by Gasteiger charge is -2.43. The summed E-state index contributed by atoms with van der Waals surface area (Å²) < 4.78 is 4.82. The topological polar surface area (TPSA) is 63.7 Å². The van der Waals surface area contributed by atoms with Crippen LogP contribution < -0.4 is 0 Å². The smallest absolute Gasteiger partial charge is 0.340 e. The molecule has 5 nitrogen and oxygen atoms in total. The van der Waals surface area contributed by atoms with Gasteiger partial charge in [-0.25, -0.2) is 4.79 Å². The van der Waals surface area contributed by atoms with E-state index in [9.17, 15) is 14.4 Å². The summed E-state index contributed by atoms with van der Waals surface area (Å²) in [5.74, 6) is -0.515. The fourth-order valence-electron chi connectivity index (χ4n) is 3.91. The van der Waals surface area contributed by atoms with Crippen molar-refractivity contribution in [3.8, 4) is 0 Å². The van der Waals surface area contributed by atoms with E-state index in [-0.39, 0.29) is 29.9 Å². The molecule has 1 amide bonds. The van der Waals surface area contributed by atoms with E-state index >= 15 is 0 Å². The van der Waals surface area contributed by atoms with Crippen LogP contribution in [-0.2, 0) is 19.1 Å². The summed E-state index contributed by atoms with van der Waals surface area (Å²) in [5.41, 5.74) is 0.801. The molecular formula is C16H21NO4. The summed E-state index contributed by atoms with van der Waals surface area (Å²) in [4.78, 5) is 38.2. The van der Waals surface area contributed by atoms with Gasteiger partial charge in [0.05, 0.1) is 13.5 Å². The second-order valence-corrected chi connectivity index (χ2v) is 6.49. The molecule has 0 N–H and O–H groups in total. The van der Waals surface area contributed by atoms with Crippen LogP contribution in [0.1, 0.15) is 46.0 Å². The SMILES string of the molecule is COC(=O)C1(N2C(=O)CC(C)C3=C2C(C)CCC3)CC1=O. The second kappa shape index (κ2) is 4.68. The van der Waals surface area contributed by atoms with Gasteiger partial charge in [-0.2, -0.15) is 0 Å². The first-order chi connectivity index (χ1) is 9.93. The van der Waals surface area contributed by atoms with Crippen LogP contribution >= 0.6 is 0 Å². The van der Waals surface area contributed by atoms with Crippen molar-refractivity contribution >= 4 is 17.7 Å². The van der Waals surface area contributed by atoms with Crippen molar-refractivity contribution in [2.75, 3.05) is 7.11 Å². The maximum Gasteiger partial charge on any atom is 0.340 e. The van der Waals surface area contributed by atoms with E-state index < -0.39 is 11.5 Å². The number of allylic oxidation sites excluding steroid dienone is 2. The fraction of sp³-hybridized carbons (Fsp3) is 0.688. The van der Waals surface area contributed by atoms with Crippen LogP contribution in [0.2, 0.25) is 0 Å². The van der Waals surface area contributed by atoms with Crippen LogP contribution in [0, 0.1) is 11.8 Å². The molecule has 0 saturated heterocycles. The number of hydrogen-bond donors (Lipinski definition) is 0. The van der Waals surface area contributed by atoms with Crippen LogP contribution in [0.4, 0.5) is 0 Å². The summed E-state index contributed by atoms with van der Waals surface area (Å²) >= 11 is 0. The number of carbonyl (C=O) groups excluding carboxylic acids is 3. The molecular weight excluding hydrogens is 270 g/mol. The maximum atomic E-state index is 12.6. The molecule has 0 spiro atoms. The highest BCUT2D eigenvalue weighted by Gasteiger charge is 2.68. The van der Waals surface area contributed by atoms with Gasteiger partial charge in [0.15, 0.2) is 5.78 Å². The van der Waals surface area contributed by atoms with E-state index in [4.69, 9.17) is 4.74 Å². The quantitative estimate of drug-likeness (QED) is 0.575. The Morgan fingerprint density at radius 3 is 2.52 bits per heavy atom. The zero-order valence-corrected chi connectivity index (χ0v) is 12.8. The Balaban J connectivity index is 2.12. The molecule has 0 aromatic heterocycles. The molecule has 114 valence electrons. The number of hydrogen-bond acceptors (Lipinski definition) is 4. The molecule has 1 heterocycles. The number of esters is 1. The molecule has 21 heavy (non-hydrogen) atoms. The van der Waals surface area contributed by atoms with Gasteiger partial charge < -0.3 is 4.74 Å². The first-order valence-electron chi connectivity index (χ1n) is 7.61. The Labute approximate surface area is 124 Å². The molecule has 0 aromatic rings. The first-order valence-corrected chi connectivity index (χ1v) is 7.61. The van der Waals surface area contributed by atoms with Crippen LogP contribution in [0.15, 0.2) is 11.3 Å². The summed E-state index contributed by atoms with van der Waals surface area (Å²) in [7, 11) is 1.27. The van der Waals surface area contributed by atoms with Crippen molar-refractivity contribution in [1.29, 1.82) is 0 Å².